The number of anilines is 1. The number of methoxy groups -OCH3 is 1. The standard InChI is InChI=1S/C13H15N3O2S/c1-17-11-4-2-10(3-5-11)12-14-15-13(19-12)16-6-8-18-9-7-16/h2-5H,6-9H2,1H3. The van der Waals surface area contributed by atoms with Crippen LogP contribution in [0.2, 0.25) is 0 Å². The average Bonchev–Trinajstić information content (AvgIpc) is 2.98. The molecular formula is C13H15N3O2S. The second-order valence-electron chi connectivity index (χ2n) is 4.22. The fourth-order valence-electron chi connectivity index (χ4n) is 1.95. The first kappa shape index (κ1) is 12.4. The van der Waals surface area contributed by atoms with Crippen LogP contribution in [0.5, 0.6) is 5.75 Å². The van der Waals surface area contributed by atoms with Crippen LogP contribution in [-0.2, 0) is 4.74 Å². The summed E-state index contributed by atoms with van der Waals surface area (Å²) >= 11 is 1.61. The molecule has 1 aromatic carbocycles. The van der Waals surface area contributed by atoms with Crippen molar-refractivity contribution in [1.82, 2.24) is 10.2 Å². The van der Waals surface area contributed by atoms with Crippen LogP contribution in [0, 0.1) is 0 Å². The van der Waals surface area contributed by atoms with E-state index in [-0.39, 0.29) is 0 Å². The van der Waals surface area contributed by atoms with E-state index in [1.54, 1.807) is 18.4 Å². The summed E-state index contributed by atoms with van der Waals surface area (Å²) in [4.78, 5) is 2.22. The lowest BCUT2D eigenvalue weighted by Crippen LogP contribution is -2.36. The molecular weight excluding hydrogens is 262 g/mol. The van der Waals surface area contributed by atoms with Crippen LogP contribution >= 0.6 is 11.3 Å². The molecule has 1 fully saturated rings. The number of nitrogens with zero attached hydrogens (tertiary/aromatic N) is 3. The molecule has 0 bridgehead atoms. The number of benzene rings is 1. The fraction of sp³-hybridized carbons (Fsp3) is 0.385. The van der Waals surface area contributed by atoms with E-state index in [4.69, 9.17) is 9.47 Å². The highest BCUT2D eigenvalue weighted by Gasteiger charge is 2.16. The Labute approximate surface area is 115 Å². The smallest absolute Gasteiger partial charge is 0.208 e. The van der Waals surface area contributed by atoms with Crippen molar-refractivity contribution in [1.29, 1.82) is 0 Å². The van der Waals surface area contributed by atoms with Gasteiger partial charge in [-0.15, -0.1) is 10.2 Å². The van der Waals surface area contributed by atoms with Crippen LogP contribution in [0.4, 0.5) is 5.13 Å². The second-order valence-corrected chi connectivity index (χ2v) is 5.17. The first-order valence-corrected chi connectivity index (χ1v) is 6.99. The molecule has 2 aromatic rings. The molecule has 0 unspecified atom stereocenters. The summed E-state index contributed by atoms with van der Waals surface area (Å²) in [5.74, 6) is 0.849. The van der Waals surface area contributed by atoms with Gasteiger partial charge in [-0.2, -0.15) is 0 Å². The Hall–Kier alpha value is -1.66. The van der Waals surface area contributed by atoms with E-state index < -0.39 is 0 Å². The molecule has 3 rings (SSSR count). The van der Waals surface area contributed by atoms with Gasteiger partial charge in [0.25, 0.3) is 0 Å². The summed E-state index contributed by atoms with van der Waals surface area (Å²) in [7, 11) is 1.66. The number of hydrogen-bond acceptors (Lipinski definition) is 6. The largest absolute Gasteiger partial charge is 0.497 e. The summed E-state index contributed by atoms with van der Waals surface area (Å²) in [6, 6.07) is 7.88. The molecule has 19 heavy (non-hydrogen) atoms. The Kier molecular flexibility index (Phi) is 3.61. The predicted octanol–water partition coefficient (Wildman–Crippen LogP) is 2.05. The topological polar surface area (TPSA) is 47.5 Å². The van der Waals surface area contributed by atoms with E-state index in [0.717, 1.165) is 47.8 Å². The van der Waals surface area contributed by atoms with Crippen molar-refractivity contribution in [2.75, 3.05) is 38.3 Å². The Morgan fingerprint density at radius 2 is 1.89 bits per heavy atom. The van der Waals surface area contributed by atoms with Gasteiger partial charge in [-0.05, 0) is 24.3 Å². The highest BCUT2D eigenvalue weighted by atomic mass is 32.1. The third kappa shape index (κ3) is 2.69. The van der Waals surface area contributed by atoms with Crippen LogP contribution in [0.25, 0.3) is 10.6 Å². The van der Waals surface area contributed by atoms with Crippen LogP contribution < -0.4 is 9.64 Å². The molecule has 1 aliphatic heterocycles. The molecule has 1 saturated heterocycles. The molecule has 0 spiro atoms. The maximum absolute atomic E-state index is 5.34. The normalized spacial score (nSPS) is 15.5. The minimum absolute atomic E-state index is 0.761. The highest BCUT2D eigenvalue weighted by Crippen LogP contribution is 2.29. The van der Waals surface area contributed by atoms with Crippen molar-refractivity contribution >= 4 is 16.5 Å². The lowest BCUT2D eigenvalue weighted by Gasteiger charge is -2.25. The molecule has 1 aromatic heterocycles. The van der Waals surface area contributed by atoms with E-state index in [2.05, 4.69) is 15.1 Å². The van der Waals surface area contributed by atoms with E-state index >= 15 is 0 Å². The maximum Gasteiger partial charge on any atom is 0.208 e. The van der Waals surface area contributed by atoms with Crippen molar-refractivity contribution in [2.45, 2.75) is 0 Å². The molecule has 0 saturated carbocycles. The third-order valence-corrected chi connectivity index (χ3v) is 4.07. The minimum Gasteiger partial charge on any atom is -0.497 e. The van der Waals surface area contributed by atoms with Crippen molar-refractivity contribution in [3.63, 3.8) is 0 Å². The minimum atomic E-state index is 0.761. The SMILES string of the molecule is COc1ccc(-c2nnc(N3CCOCC3)s2)cc1. The first-order valence-electron chi connectivity index (χ1n) is 6.17. The molecule has 0 atom stereocenters. The molecule has 100 valence electrons. The highest BCUT2D eigenvalue weighted by molar-refractivity contribution is 7.18. The van der Waals surface area contributed by atoms with Gasteiger partial charge in [0.2, 0.25) is 5.13 Å². The molecule has 0 amide bonds. The predicted molar refractivity (Wildman–Crippen MR) is 74.9 cm³/mol. The quantitative estimate of drug-likeness (QED) is 0.859. The number of aromatic nitrogens is 2. The van der Waals surface area contributed by atoms with E-state index in [0.29, 0.717) is 0 Å². The van der Waals surface area contributed by atoms with E-state index in [1.165, 1.54) is 0 Å². The van der Waals surface area contributed by atoms with Crippen LogP contribution in [0.1, 0.15) is 0 Å². The monoisotopic (exact) mass is 277 g/mol. The molecule has 6 heteroatoms. The Balaban J connectivity index is 1.79. The zero-order valence-corrected chi connectivity index (χ0v) is 11.5. The van der Waals surface area contributed by atoms with Gasteiger partial charge in [0, 0.05) is 18.7 Å². The molecule has 0 N–H and O–H groups in total. The zero-order chi connectivity index (χ0) is 13.1. The van der Waals surface area contributed by atoms with Crippen molar-refractivity contribution in [3.8, 4) is 16.3 Å². The zero-order valence-electron chi connectivity index (χ0n) is 10.7. The average molecular weight is 277 g/mol. The van der Waals surface area contributed by atoms with Gasteiger partial charge < -0.3 is 14.4 Å². The summed E-state index contributed by atoms with van der Waals surface area (Å²) in [6.45, 7) is 3.30. The molecule has 2 heterocycles. The van der Waals surface area contributed by atoms with Gasteiger partial charge in [0.1, 0.15) is 10.8 Å². The lowest BCUT2D eigenvalue weighted by atomic mass is 10.2. The van der Waals surface area contributed by atoms with Gasteiger partial charge in [0.15, 0.2) is 0 Å². The molecule has 0 aliphatic carbocycles. The van der Waals surface area contributed by atoms with Gasteiger partial charge in [-0.1, -0.05) is 11.3 Å². The van der Waals surface area contributed by atoms with Crippen LogP contribution in [0.15, 0.2) is 24.3 Å². The van der Waals surface area contributed by atoms with Crippen molar-refractivity contribution in [3.05, 3.63) is 24.3 Å². The Bertz CT molecular complexity index is 535. The fourth-order valence-corrected chi connectivity index (χ4v) is 2.85. The van der Waals surface area contributed by atoms with Gasteiger partial charge in [-0.25, -0.2) is 0 Å². The van der Waals surface area contributed by atoms with Crippen LogP contribution in [-0.4, -0.2) is 43.6 Å². The summed E-state index contributed by atoms with van der Waals surface area (Å²) in [6.07, 6.45) is 0. The third-order valence-electron chi connectivity index (χ3n) is 3.03. The maximum atomic E-state index is 5.34. The number of ether oxygens (including phenoxy) is 2. The molecule has 5 nitrogen and oxygen atoms in total. The van der Waals surface area contributed by atoms with E-state index in [9.17, 15) is 0 Å². The van der Waals surface area contributed by atoms with E-state index in [1.807, 2.05) is 24.3 Å². The van der Waals surface area contributed by atoms with Crippen molar-refractivity contribution in [2.24, 2.45) is 0 Å². The summed E-state index contributed by atoms with van der Waals surface area (Å²) < 4.78 is 10.5. The number of hydrogen-bond donors (Lipinski definition) is 0. The number of morpholine rings is 1. The summed E-state index contributed by atoms with van der Waals surface area (Å²) in [5, 5.41) is 10.4. The first-order chi connectivity index (χ1) is 9.36. The lowest BCUT2D eigenvalue weighted by molar-refractivity contribution is 0.122. The summed E-state index contributed by atoms with van der Waals surface area (Å²) in [5.41, 5.74) is 1.07. The Morgan fingerprint density at radius 3 is 2.58 bits per heavy atom. The molecule has 0 radical (unpaired) electrons. The van der Waals surface area contributed by atoms with Gasteiger partial charge >= 0.3 is 0 Å². The Morgan fingerprint density at radius 1 is 1.16 bits per heavy atom. The van der Waals surface area contributed by atoms with Crippen LogP contribution in [0.3, 0.4) is 0 Å². The number of rotatable bonds is 3. The van der Waals surface area contributed by atoms with Gasteiger partial charge in [0.05, 0.1) is 20.3 Å². The molecule has 1 aliphatic rings. The van der Waals surface area contributed by atoms with Gasteiger partial charge in [-0.3, -0.25) is 0 Å². The van der Waals surface area contributed by atoms with Crippen molar-refractivity contribution < 1.29 is 9.47 Å². The second kappa shape index (κ2) is 5.54.